The van der Waals surface area contributed by atoms with Crippen LogP contribution in [0.3, 0.4) is 0 Å². The molecule has 0 atom stereocenters. The molecule has 5 aromatic rings. The van der Waals surface area contributed by atoms with Crippen molar-refractivity contribution in [1.29, 1.82) is 0 Å². The molecule has 2 aromatic carbocycles. The number of aromatic amines is 1. The number of carbonyl (C=O) groups is 1. The Morgan fingerprint density at radius 1 is 1.09 bits per heavy atom. The molecule has 1 fully saturated rings. The van der Waals surface area contributed by atoms with Gasteiger partial charge in [0.1, 0.15) is 22.8 Å². The molecule has 0 radical (unpaired) electrons. The van der Waals surface area contributed by atoms with Crippen LogP contribution in [0.4, 0.5) is 10.1 Å². The lowest BCUT2D eigenvalue weighted by atomic mass is 9.96. The summed E-state index contributed by atoms with van der Waals surface area (Å²) in [5.74, 6) is -0.463. The number of pyridine rings is 2. The fraction of sp³-hybridized carbons (Fsp3) is 0.265. The fourth-order valence-electron chi connectivity index (χ4n) is 5.86. The van der Waals surface area contributed by atoms with E-state index in [4.69, 9.17) is 4.74 Å². The summed E-state index contributed by atoms with van der Waals surface area (Å²) in [5, 5.41) is 17.9. The van der Waals surface area contributed by atoms with Gasteiger partial charge in [-0.3, -0.25) is 14.7 Å². The second-order valence-electron chi connectivity index (χ2n) is 11.3. The molecule has 1 amide bonds. The number of aromatic nitrogens is 3. The van der Waals surface area contributed by atoms with Crippen LogP contribution in [0.15, 0.2) is 67.0 Å². The van der Waals surface area contributed by atoms with Crippen molar-refractivity contribution in [3.8, 4) is 28.3 Å². The summed E-state index contributed by atoms with van der Waals surface area (Å²) in [5.41, 5.74) is 6.72. The number of hydrogen-bond acceptors (Lipinski definition) is 7. The number of amides is 1. The quantitative estimate of drug-likeness (QED) is 0.167. The van der Waals surface area contributed by atoms with E-state index in [1.807, 2.05) is 49.6 Å². The topological polar surface area (TPSA) is 115 Å². The van der Waals surface area contributed by atoms with Crippen LogP contribution < -0.4 is 20.3 Å². The second kappa shape index (κ2) is 11.8. The maximum absolute atomic E-state index is 15.2. The van der Waals surface area contributed by atoms with Crippen molar-refractivity contribution in [2.45, 2.75) is 31.9 Å². The highest BCUT2D eigenvalue weighted by atomic mass is 19.1. The number of rotatable bonds is 10. The summed E-state index contributed by atoms with van der Waals surface area (Å²) >= 11 is 0. The molecule has 0 bridgehead atoms. The second-order valence-corrected chi connectivity index (χ2v) is 11.3. The third-order valence-electron chi connectivity index (χ3n) is 8.34. The zero-order valence-electron chi connectivity index (χ0n) is 24.4. The molecular formula is C34H33FN6O3. The predicted molar refractivity (Wildman–Crippen MR) is 167 cm³/mol. The number of nitrogens with one attached hydrogen (secondary N) is 3. The van der Waals surface area contributed by atoms with Crippen molar-refractivity contribution in [2.24, 2.45) is 0 Å². The molecular weight excluding hydrogens is 559 g/mol. The summed E-state index contributed by atoms with van der Waals surface area (Å²) in [7, 11) is 1.93. The molecule has 1 aliphatic heterocycles. The Bertz CT molecular complexity index is 1850. The Hall–Kier alpha value is -4.64. The summed E-state index contributed by atoms with van der Waals surface area (Å²) in [6.45, 7) is 2.08. The number of anilines is 1. The molecule has 4 heterocycles. The third kappa shape index (κ3) is 5.21. The monoisotopic (exact) mass is 592 g/mol. The van der Waals surface area contributed by atoms with Gasteiger partial charge in [0.05, 0.1) is 23.7 Å². The number of likely N-dealkylation sites (N-methyl/N-ethyl adjacent to an activating group) is 1. The Morgan fingerprint density at radius 3 is 2.75 bits per heavy atom. The number of aliphatic hydroxyl groups excluding tert-OH is 1. The minimum Gasteiger partial charge on any atom is -0.472 e. The van der Waals surface area contributed by atoms with Crippen LogP contribution in [0.5, 0.6) is 5.75 Å². The molecule has 10 heteroatoms. The van der Waals surface area contributed by atoms with Crippen molar-refractivity contribution >= 4 is 22.6 Å². The summed E-state index contributed by atoms with van der Waals surface area (Å²) in [6, 6.07) is 16.6. The van der Waals surface area contributed by atoms with Gasteiger partial charge in [0.25, 0.3) is 5.91 Å². The molecule has 1 aliphatic carbocycles. The largest absolute Gasteiger partial charge is 0.472 e. The molecule has 224 valence electrons. The standard InChI is InChI=1S/C34H33FN6O3/c1-36-11-12-37-16-20-5-8-28(39-17-20)29-15-25-24(9-10-38-33(25)40-29)23-3-2-4-30(26(23)18-42)41-19-44-31-14-22(21-6-7-21)13-27(35)32(31)34(41)43/h2-5,8-10,13-15,17,21,36-37,42H,6-7,11-12,16,18-19H2,1H3,(H,38,40). The number of H-pyrrole nitrogens is 1. The number of fused-ring (bicyclic) bond motifs is 2. The Labute approximate surface area is 254 Å². The van der Waals surface area contributed by atoms with E-state index in [9.17, 15) is 9.90 Å². The zero-order chi connectivity index (χ0) is 30.2. The number of halogens is 1. The van der Waals surface area contributed by atoms with Crippen LogP contribution in [0.2, 0.25) is 0 Å². The van der Waals surface area contributed by atoms with Crippen LogP contribution in [-0.4, -0.2) is 52.8 Å². The highest BCUT2D eigenvalue weighted by Crippen LogP contribution is 2.44. The van der Waals surface area contributed by atoms with Crippen LogP contribution >= 0.6 is 0 Å². The Balaban J connectivity index is 1.21. The summed E-state index contributed by atoms with van der Waals surface area (Å²) < 4.78 is 21.1. The van der Waals surface area contributed by atoms with Crippen molar-refractivity contribution in [3.05, 3.63) is 95.1 Å². The number of benzene rings is 2. The normalized spacial score (nSPS) is 14.6. The van der Waals surface area contributed by atoms with Gasteiger partial charge < -0.3 is 25.5 Å². The van der Waals surface area contributed by atoms with E-state index in [0.717, 1.165) is 71.5 Å². The first kappa shape index (κ1) is 28.1. The molecule has 44 heavy (non-hydrogen) atoms. The van der Waals surface area contributed by atoms with Crippen LogP contribution in [-0.2, 0) is 13.2 Å². The first-order chi connectivity index (χ1) is 21.6. The third-order valence-corrected chi connectivity index (χ3v) is 8.34. The van der Waals surface area contributed by atoms with Crippen molar-refractivity contribution in [3.63, 3.8) is 0 Å². The Morgan fingerprint density at radius 2 is 1.98 bits per heavy atom. The van der Waals surface area contributed by atoms with E-state index < -0.39 is 11.7 Å². The van der Waals surface area contributed by atoms with Gasteiger partial charge in [-0.2, -0.15) is 0 Å². The van der Waals surface area contributed by atoms with Gasteiger partial charge >= 0.3 is 0 Å². The first-order valence-electron chi connectivity index (χ1n) is 14.8. The van der Waals surface area contributed by atoms with Crippen LogP contribution in [0, 0.1) is 5.82 Å². The van der Waals surface area contributed by atoms with Crippen molar-refractivity contribution in [1.82, 2.24) is 25.6 Å². The number of nitrogens with zero attached hydrogens (tertiary/aromatic N) is 3. The summed E-state index contributed by atoms with van der Waals surface area (Å²) in [4.78, 5) is 27.6. The van der Waals surface area contributed by atoms with Gasteiger partial charge in [0, 0.05) is 43.0 Å². The minimum absolute atomic E-state index is 0.0798. The number of hydrogen-bond donors (Lipinski definition) is 4. The lowest BCUT2D eigenvalue weighted by Crippen LogP contribution is -2.40. The molecule has 4 N–H and O–H groups in total. The van der Waals surface area contributed by atoms with E-state index in [-0.39, 0.29) is 24.7 Å². The first-order valence-corrected chi connectivity index (χ1v) is 14.8. The Kier molecular flexibility index (Phi) is 7.55. The van der Waals surface area contributed by atoms with E-state index in [2.05, 4.69) is 25.6 Å². The summed E-state index contributed by atoms with van der Waals surface area (Å²) in [6.07, 6.45) is 5.61. The van der Waals surface area contributed by atoms with E-state index >= 15 is 4.39 Å². The van der Waals surface area contributed by atoms with Crippen LogP contribution in [0.25, 0.3) is 33.5 Å². The lowest BCUT2D eigenvalue weighted by molar-refractivity contribution is 0.0931. The highest BCUT2D eigenvalue weighted by molar-refractivity contribution is 6.10. The van der Waals surface area contributed by atoms with Crippen molar-refractivity contribution in [2.75, 3.05) is 31.8 Å². The molecule has 3 aromatic heterocycles. The highest BCUT2D eigenvalue weighted by Gasteiger charge is 2.34. The maximum atomic E-state index is 15.2. The van der Waals surface area contributed by atoms with Gasteiger partial charge in [-0.25, -0.2) is 9.37 Å². The van der Waals surface area contributed by atoms with Gasteiger partial charge in [-0.15, -0.1) is 0 Å². The lowest BCUT2D eigenvalue weighted by Gasteiger charge is -2.31. The van der Waals surface area contributed by atoms with Gasteiger partial charge in [0.15, 0.2) is 6.73 Å². The smallest absolute Gasteiger partial charge is 0.267 e. The zero-order valence-corrected chi connectivity index (χ0v) is 24.4. The molecule has 0 spiro atoms. The number of carbonyl (C=O) groups excluding carboxylic acids is 1. The molecule has 7 rings (SSSR count). The van der Waals surface area contributed by atoms with E-state index in [1.54, 1.807) is 18.3 Å². The van der Waals surface area contributed by atoms with Crippen molar-refractivity contribution < 1.29 is 19.0 Å². The molecule has 1 saturated carbocycles. The molecule has 2 aliphatic rings. The number of aliphatic hydroxyl groups is 1. The van der Waals surface area contributed by atoms with Crippen LogP contribution in [0.1, 0.15) is 45.8 Å². The van der Waals surface area contributed by atoms with Gasteiger partial charge in [-0.05, 0) is 84.5 Å². The maximum Gasteiger partial charge on any atom is 0.267 e. The SMILES string of the molecule is CNCCNCc1ccc(-c2cc3c(-c4cccc(N5COc6cc(C7CC7)cc(F)c6C5=O)c4CO)ccnc3[nH]2)nc1. The number of ether oxygens (including phenoxy) is 1. The molecule has 0 saturated heterocycles. The predicted octanol–water partition coefficient (Wildman–Crippen LogP) is 5.11. The van der Waals surface area contributed by atoms with E-state index in [1.165, 1.54) is 11.0 Å². The molecule has 0 unspecified atom stereocenters. The van der Waals surface area contributed by atoms with Gasteiger partial charge in [-0.1, -0.05) is 18.2 Å². The average molecular weight is 593 g/mol. The van der Waals surface area contributed by atoms with Gasteiger partial charge in [0.2, 0.25) is 0 Å². The minimum atomic E-state index is -0.580. The average Bonchev–Trinajstić information content (AvgIpc) is 3.81. The fourth-order valence-corrected chi connectivity index (χ4v) is 5.86. The molecule has 9 nitrogen and oxygen atoms in total. The van der Waals surface area contributed by atoms with E-state index in [0.29, 0.717) is 22.8 Å².